The zero-order valence-electron chi connectivity index (χ0n) is 14.5. The molecule has 1 N–H and O–H groups in total. The van der Waals surface area contributed by atoms with Crippen molar-refractivity contribution < 1.29 is 14.6 Å². The molecule has 1 aliphatic carbocycles. The summed E-state index contributed by atoms with van der Waals surface area (Å²) < 4.78 is 0. The molecular weight excluding hydrogens is 372 g/mol. The monoisotopic (exact) mass is 390 g/mol. The molecule has 1 amide bonds. The van der Waals surface area contributed by atoms with Gasteiger partial charge in [0, 0.05) is 30.0 Å². The number of non-ortho nitro benzene ring substituents is 2. The molecular formula is C17H18N4O5S. The molecule has 0 aliphatic heterocycles. The SMILES string of the molecule is O=C(NCCCc1nc2c(s1)CCCC2)c1cc([N+](=O)[O-])cc([N+](=O)[O-])c1. The average molecular weight is 390 g/mol. The van der Waals surface area contributed by atoms with Crippen LogP contribution in [0.1, 0.15) is 45.2 Å². The number of carbonyl (C=O) groups is 1. The lowest BCUT2D eigenvalue weighted by molar-refractivity contribution is -0.394. The lowest BCUT2D eigenvalue weighted by Gasteiger charge is -2.06. The second-order valence-corrected chi connectivity index (χ2v) is 7.46. The standard InChI is InChI=1S/C17H18N4O5S/c22-17(11-8-12(20(23)24)10-13(9-11)21(25)26)18-7-3-6-16-19-14-4-1-2-5-15(14)27-16/h8-10H,1-7H2,(H,18,22). The van der Waals surface area contributed by atoms with Gasteiger partial charge in [-0.25, -0.2) is 4.98 Å². The summed E-state index contributed by atoms with van der Waals surface area (Å²) in [6.07, 6.45) is 5.94. The van der Waals surface area contributed by atoms with Crippen LogP contribution in [0.4, 0.5) is 11.4 Å². The highest BCUT2D eigenvalue weighted by molar-refractivity contribution is 7.11. The van der Waals surface area contributed by atoms with Crippen LogP contribution in [0.2, 0.25) is 0 Å². The lowest BCUT2D eigenvalue weighted by atomic mass is 10.0. The first-order valence-corrected chi connectivity index (χ1v) is 9.45. The van der Waals surface area contributed by atoms with Gasteiger partial charge < -0.3 is 5.32 Å². The minimum Gasteiger partial charge on any atom is -0.352 e. The average Bonchev–Trinajstić information content (AvgIpc) is 3.07. The Morgan fingerprint density at radius 1 is 1.11 bits per heavy atom. The number of rotatable bonds is 7. The van der Waals surface area contributed by atoms with Crippen molar-refractivity contribution in [3.8, 4) is 0 Å². The maximum atomic E-state index is 12.2. The van der Waals surface area contributed by atoms with E-state index in [1.165, 1.54) is 23.4 Å². The summed E-state index contributed by atoms with van der Waals surface area (Å²) in [5, 5.41) is 25.5. The molecule has 142 valence electrons. The first-order valence-electron chi connectivity index (χ1n) is 8.63. The molecule has 10 heteroatoms. The maximum absolute atomic E-state index is 12.2. The molecule has 2 aromatic rings. The number of hydrogen-bond donors (Lipinski definition) is 1. The van der Waals surface area contributed by atoms with Gasteiger partial charge in [-0.05, 0) is 32.1 Å². The molecule has 1 aromatic carbocycles. The van der Waals surface area contributed by atoms with Gasteiger partial charge in [0.2, 0.25) is 0 Å². The number of benzene rings is 1. The summed E-state index contributed by atoms with van der Waals surface area (Å²) in [6.45, 7) is 0.361. The first kappa shape index (κ1) is 18.9. The van der Waals surface area contributed by atoms with Gasteiger partial charge in [-0.15, -0.1) is 11.3 Å². The molecule has 0 saturated carbocycles. The van der Waals surface area contributed by atoms with Crippen LogP contribution < -0.4 is 5.32 Å². The number of amides is 1. The largest absolute Gasteiger partial charge is 0.352 e. The summed E-state index contributed by atoms with van der Waals surface area (Å²) in [5.41, 5.74) is 0.139. The molecule has 0 atom stereocenters. The van der Waals surface area contributed by atoms with Crippen molar-refractivity contribution in [2.45, 2.75) is 38.5 Å². The highest BCUT2D eigenvalue weighted by atomic mass is 32.1. The van der Waals surface area contributed by atoms with Crippen LogP contribution in [0.5, 0.6) is 0 Å². The number of thiazole rings is 1. The molecule has 0 unspecified atom stereocenters. The number of carbonyl (C=O) groups excluding carboxylic acids is 1. The van der Waals surface area contributed by atoms with Gasteiger partial charge in [-0.3, -0.25) is 25.0 Å². The predicted octanol–water partition coefficient (Wildman–Crippen LogP) is 3.20. The number of fused-ring (bicyclic) bond motifs is 1. The maximum Gasteiger partial charge on any atom is 0.277 e. The Balaban J connectivity index is 1.56. The number of hydrogen-bond acceptors (Lipinski definition) is 7. The van der Waals surface area contributed by atoms with Gasteiger partial charge in [0.1, 0.15) is 0 Å². The van der Waals surface area contributed by atoms with Gasteiger partial charge in [-0.1, -0.05) is 0 Å². The third-order valence-electron chi connectivity index (χ3n) is 4.33. The van der Waals surface area contributed by atoms with Crippen molar-refractivity contribution in [3.05, 3.63) is 59.6 Å². The number of aryl methyl sites for hydroxylation is 3. The molecule has 0 saturated heterocycles. The Morgan fingerprint density at radius 3 is 2.41 bits per heavy atom. The van der Waals surface area contributed by atoms with E-state index in [2.05, 4.69) is 10.3 Å². The molecule has 1 heterocycles. The Bertz CT molecular complexity index is 840. The highest BCUT2D eigenvalue weighted by Crippen LogP contribution is 2.27. The minimum atomic E-state index is -0.756. The van der Waals surface area contributed by atoms with E-state index in [0.29, 0.717) is 13.0 Å². The summed E-state index contributed by atoms with van der Waals surface area (Å²) in [4.78, 5) is 38.5. The van der Waals surface area contributed by atoms with E-state index < -0.39 is 27.1 Å². The lowest BCUT2D eigenvalue weighted by Crippen LogP contribution is -2.25. The fourth-order valence-electron chi connectivity index (χ4n) is 2.99. The van der Waals surface area contributed by atoms with E-state index in [1.807, 2.05) is 0 Å². The van der Waals surface area contributed by atoms with Crippen LogP contribution in [-0.2, 0) is 19.3 Å². The number of nitrogens with zero attached hydrogens (tertiary/aromatic N) is 3. The fraction of sp³-hybridized carbons (Fsp3) is 0.412. The zero-order chi connectivity index (χ0) is 19.4. The van der Waals surface area contributed by atoms with Crippen LogP contribution in [0.3, 0.4) is 0 Å². The molecule has 3 rings (SSSR count). The number of nitrogens with one attached hydrogen (secondary N) is 1. The van der Waals surface area contributed by atoms with Crippen LogP contribution in [0, 0.1) is 20.2 Å². The van der Waals surface area contributed by atoms with Crippen molar-refractivity contribution in [2.24, 2.45) is 0 Å². The topological polar surface area (TPSA) is 128 Å². The molecule has 27 heavy (non-hydrogen) atoms. The van der Waals surface area contributed by atoms with Gasteiger partial charge in [0.05, 0.1) is 32.2 Å². The van der Waals surface area contributed by atoms with Crippen molar-refractivity contribution in [2.75, 3.05) is 6.54 Å². The van der Waals surface area contributed by atoms with E-state index in [4.69, 9.17) is 0 Å². The van der Waals surface area contributed by atoms with Crippen LogP contribution >= 0.6 is 11.3 Å². The fourth-order valence-corrected chi connectivity index (χ4v) is 4.19. The van der Waals surface area contributed by atoms with Crippen LogP contribution in [0.25, 0.3) is 0 Å². The Morgan fingerprint density at radius 2 is 1.78 bits per heavy atom. The van der Waals surface area contributed by atoms with Gasteiger partial charge in [0.25, 0.3) is 17.3 Å². The second kappa shape index (κ2) is 8.21. The van der Waals surface area contributed by atoms with E-state index in [9.17, 15) is 25.0 Å². The van der Waals surface area contributed by atoms with Crippen molar-refractivity contribution in [3.63, 3.8) is 0 Å². The number of aromatic nitrogens is 1. The first-order chi connectivity index (χ1) is 12.9. The molecule has 0 spiro atoms. The van der Waals surface area contributed by atoms with Crippen LogP contribution in [-0.4, -0.2) is 27.3 Å². The Kier molecular flexibility index (Phi) is 5.75. The van der Waals surface area contributed by atoms with E-state index >= 15 is 0 Å². The second-order valence-electron chi connectivity index (χ2n) is 6.30. The van der Waals surface area contributed by atoms with Gasteiger partial charge >= 0.3 is 0 Å². The van der Waals surface area contributed by atoms with E-state index in [1.54, 1.807) is 11.3 Å². The van der Waals surface area contributed by atoms with Gasteiger partial charge in [0.15, 0.2) is 0 Å². The smallest absolute Gasteiger partial charge is 0.277 e. The molecule has 1 aromatic heterocycles. The predicted molar refractivity (Wildman–Crippen MR) is 99.2 cm³/mol. The molecule has 0 radical (unpaired) electrons. The zero-order valence-corrected chi connectivity index (χ0v) is 15.3. The molecule has 0 fully saturated rings. The van der Waals surface area contributed by atoms with Crippen LogP contribution in [0.15, 0.2) is 18.2 Å². The van der Waals surface area contributed by atoms with E-state index in [0.717, 1.165) is 42.5 Å². The Hall–Kier alpha value is -2.88. The summed E-state index contributed by atoms with van der Waals surface area (Å²) in [5.74, 6) is -0.569. The Labute approximate surface area is 158 Å². The van der Waals surface area contributed by atoms with Crippen molar-refractivity contribution >= 4 is 28.6 Å². The summed E-state index contributed by atoms with van der Waals surface area (Å²) in [6, 6.07) is 2.91. The highest BCUT2D eigenvalue weighted by Gasteiger charge is 2.20. The summed E-state index contributed by atoms with van der Waals surface area (Å²) >= 11 is 1.73. The van der Waals surface area contributed by atoms with E-state index in [-0.39, 0.29) is 5.56 Å². The van der Waals surface area contributed by atoms with Crippen molar-refractivity contribution in [1.29, 1.82) is 0 Å². The van der Waals surface area contributed by atoms with Gasteiger partial charge in [-0.2, -0.15) is 0 Å². The number of nitro benzene ring substituents is 2. The molecule has 9 nitrogen and oxygen atoms in total. The quantitative estimate of drug-likeness (QED) is 0.439. The molecule has 0 bridgehead atoms. The number of nitro groups is 2. The van der Waals surface area contributed by atoms with Crippen molar-refractivity contribution in [1.82, 2.24) is 10.3 Å². The normalized spacial score (nSPS) is 13.0. The third kappa shape index (κ3) is 4.64. The minimum absolute atomic E-state index is 0.0967. The third-order valence-corrected chi connectivity index (χ3v) is 5.55. The molecule has 1 aliphatic rings. The summed E-state index contributed by atoms with van der Waals surface area (Å²) in [7, 11) is 0.